The van der Waals surface area contributed by atoms with Crippen molar-refractivity contribution in [3.05, 3.63) is 75.3 Å². The van der Waals surface area contributed by atoms with E-state index in [2.05, 4.69) is 60.7 Å². The Hall–Kier alpha value is -3.45. The predicted molar refractivity (Wildman–Crippen MR) is 142 cm³/mol. The van der Waals surface area contributed by atoms with E-state index in [0.29, 0.717) is 11.0 Å². The SMILES string of the molecule is Cc1cc2c(=O)n(C(C)C)n(-c3ccnc(C(C)(C)C)c3)c2nc1Nc1ccc2c(c1)CCNC2. The van der Waals surface area contributed by atoms with Crippen LogP contribution in [0, 0.1) is 6.92 Å². The number of benzene rings is 1. The molecule has 0 amide bonds. The van der Waals surface area contributed by atoms with Crippen LogP contribution in [0.5, 0.6) is 0 Å². The van der Waals surface area contributed by atoms with Crippen molar-refractivity contribution < 1.29 is 0 Å². The van der Waals surface area contributed by atoms with Crippen LogP contribution in [-0.4, -0.2) is 25.9 Å². The summed E-state index contributed by atoms with van der Waals surface area (Å²) < 4.78 is 3.73. The molecule has 0 saturated heterocycles. The lowest BCUT2D eigenvalue weighted by atomic mass is 9.91. The number of nitrogens with zero attached hydrogens (tertiary/aromatic N) is 4. The zero-order valence-electron chi connectivity index (χ0n) is 21.4. The second kappa shape index (κ2) is 8.64. The second-order valence-corrected chi connectivity index (χ2v) is 10.8. The monoisotopic (exact) mass is 470 g/mol. The van der Waals surface area contributed by atoms with Crippen LogP contribution in [0.1, 0.15) is 63.0 Å². The lowest BCUT2D eigenvalue weighted by molar-refractivity contribution is 0.474. The molecular weight excluding hydrogens is 436 g/mol. The molecule has 0 saturated carbocycles. The minimum atomic E-state index is -0.110. The molecule has 0 radical (unpaired) electrons. The summed E-state index contributed by atoms with van der Waals surface area (Å²) in [6.45, 7) is 14.4. The highest BCUT2D eigenvalue weighted by molar-refractivity contribution is 5.81. The lowest BCUT2D eigenvalue weighted by Crippen LogP contribution is -2.24. The van der Waals surface area contributed by atoms with E-state index in [9.17, 15) is 4.79 Å². The smallest absolute Gasteiger partial charge is 0.276 e. The van der Waals surface area contributed by atoms with Gasteiger partial charge in [-0.25, -0.2) is 14.3 Å². The zero-order chi connectivity index (χ0) is 24.9. The number of rotatable bonds is 4. The number of hydrogen-bond donors (Lipinski definition) is 2. The summed E-state index contributed by atoms with van der Waals surface area (Å²) in [7, 11) is 0. The van der Waals surface area contributed by atoms with Gasteiger partial charge in [0, 0.05) is 35.6 Å². The lowest BCUT2D eigenvalue weighted by Gasteiger charge is -2.20. The Morgan fingerprint density at radius 2 is 1.89 bits per heavy atom. The van der Waals surface area contributed by atoms with Crippen molar-refractivity contribution in [1.29, 1.82) is 0 Å². The molecular formula is C28H34N6O. The predicted octanol–water partition coefficient (Wildman–Crippen LogP) is 5.16. The molecule has 182 valence electrons. The van der Waals surface area contributed by atoms with E-state index in [4.69, 9.17) is 4.98 Å². The molecule has 4 heterocycles. The first-order valence-electron chi connectivity index (χ1n) is 12.3. The van der Waals surface area contributed by atoms with Gasteiger partial charge in [0.1, 0.15) is 5.82 Å². The molecule has 1 aromatic carbocycles. The standard InChI is InChI=1S/C28H34N6O/c1-17(2)33-27(35)23-13-18(3)25(31-21-8-7-20-16-29-11-9-19(20)14-21)32-26(23)34(33)22-10-12-30-24(15-22)28(4,5)6/h7-8,10,12-15,17,29H,9,11,16H2,1-6H3,(H,31,32). The Morgan fingerprint density at radius 1 is 1.09 bits per heavy atom. The van der Waals surface area contributed by atoms with Gasteiger partial charge in [0.25, 0.3) is 5.56 Å². The average Bonchev–Trinajstić information content (AvgIpc) is 3.10. The molecule has 1 aliphatic heterocycles. The number of pyridine rings is 2. The topological polar surface area (TPSA) is 76.8 Å². The van der Waals surface area contributed by atoms with Gasteiger partial charge < -0.3 is 10.6 Å². The van der Waals surface area contributed by atoms with Gasteiger partial charge in [0.15, 0.2) is 5.65 Å². The van der Waals surface area contributed by atoms with Crippen molar-refractivity contribution in [3.8, 4) is 5.69 Å². The van der Waals surface area contributed by atoms with E-state index in [1.165, 1.54) is 11.1 Å². The molecule has 5 rings (SSSR count). The quantitative estimate of drug-likeness (QED) is 0.431. The van der Waals surface area contributed by atoms with Crippen molar-refractivity contribution in [3.63, 3.8) is 0 Å². The number of aryl methyl sites for hydroxylation is 1. The Kier molecular flexibility index (Phi) is 5.75. The highest BCUT2D eigenvalue weighted by Gasteiger charge is 2.22. The highest BCUT2D eigenvalue weighted by atomic mass is 16.1. The third-order valence-electron chi connectivity index (χ3n) is 6.65. The van der Waals surface area contributed by atoms with Gasteiger partial charge in [-0.05, 0) is 80.8 Å². The summed E-state index contributed by atoms with van der Waals surface area (Å²) in [5.41, 5.74) is 7.00. The fourth-order valence-corrected chi connectivity index (χ4v) is 4.73. The summed E-state index contributed by atoms with van der Waals surface area (Å²) in [5.74, 6) is 0.756. The van der Waals surface area contributed by atoms with Crippen LogP contribution in [0.4, 0.5) is 11.5 Å². The summed E-state index contributed by atoms with van der Waals surface area (Å²) in [6, 6.07) is 12.4. The van der Waals surface area contributed by atoms with Crippen molar-refractivity contribution in [2.24, 2.45) is 0 Å². The minimum Gasteiger partial charge on any atom is -0.340 e. The van der Waals surface area contributed by atoms with E-state index in [1.807, 2.05) is 43.8 Å². The maximum Gasteiger partial charge on any atom is 0.276 e. The van der Waals surface area contributed by atoms with Crippen molar-refractivity contribution >= 4 is 22.5 Å². The molecule has 0 unspecified atom stereocenters. The van der Waals surface area contributed by atoms with Gasteiger partial charge in [-0.15, -0.1) is 0 Å². The summed E-state index contributed by atoms with van der Waals surface area (Å²) in [6.07, 6.45) is 2.83. The van der Waals surface area contributed by atoms with Crippen LogP contribution in [0.15, 0.2) is 47.4 Å². The molecule has 35 heavy (non-hydrogen) atoms. The first-order valence-corrected chi connectivity index (χ1v) is 12.3. The number of anilines is 2. The minimum absolute atomic E-state index is 0.0334. The van der Waals surface area contributed by atoms with E-state index in [-0.39, 0.29) is 17.0 Å². The molecule has 0 atom stereocenters. The fraction of sp³-hybridized carbons (Fsp3) is 0.393. The van der Waals surface area contributed by atoms with E-state index >= 15 is 0 Å². The Balaban J connectivity index is 1.67. The van der Waals surface area contributed by atoms with Crippen LogP contribution in [0.3, 0.4) is 0 Å². The van der Waals surface area contributed by atoms with Crippen LogP contribution in [0.25, 0.3) is 16.7 Å². The number of hydrogen-bond acceptors (Lipinski definition) is 5. The van der Waals surface area contributed by atoms with Crippen LogP contribution in [-0.2, 0) is 18.4 Å². The maximum absolute atomic E-state index is 13.5. The third kappa shape index (κ3) is 4.25. The largest absolute Gasteiger partial charge is 0.340 e. The normalized spacial score (nSPS) is 13.9. The van der Waals surface area contributed by atoms with Crippen molar-refractivity contribution in [2.45, 2.75) is 66.0 Å². The van der Waals surface area contributed by atoms with Gasteiger partial charge in [0.2, 0.25) is 0 Å². The van der Waals surface area contributed by atoms with Crippen LogP contribution >= 0.6 is 0 Å². The molecule has 2 N–H and O–H groups in total. The number of nitrogens with one attached hydrogen (secondary N) is 2. The summed E-state index contributed by atoms with van der Waals surface area (Å²) >= 11 is 0. The van der Waals surface area contributed by atoms with Gasteiger partial charge >= 0.3 is 0 Å². The Morgan fingerprint density at radius 3 is 2.63 bits per heavy atom. The Bertz CT molecular complexity index is 1470. The summed E-state index contributed by atoms with van der Waals surface area (Å²) in [4.78, 5) is 23.1. The molecule has 0 aliphatic carbocycles. The number of fused-ring (bicyclic) bond motifs is 2. The molecule has 0 spiro atoms. The Labute approximate surface area is 206 Å². The van der Waals surface area contributed by atoms with Crippen molar-refractivity contribution in [1.82, 2.24) is 24.6 Å². The molecule has 7 heteroatoms. The van der Waals surface area contributed by atoms with Crippen LogP contribution < -0.4 is 16.2 Å². The highest BCUT2D eigenvalue weighted by Crippen LogP contribution is 2.28. The molecule has 1 aliphatic rings. The maximum atomic E-state index is 13.5. The number of aromatic nitrogens is 4. The molecule has 0 bridgehead atoms. The molecule has 3 aromatic heterocycles. The third-order valence-corrected chi connectivity index (χ3v) is 6.65. The van der Waals surface area contributed by atoms with Crippen molar-refractivity contribution in [2.75, 3.05) is 11.9 Å². The van der Waals surface area contributed by atoms with Gasteiger partial charge in [-0.1, -0.05) is 26.8 Å². The zero-order valence-corrected chi connectivity index (χ0v) is 21.4. The molecule has 4 aromatic rings. The van der Waals surface area contributed by atoms with Gasteiger partial charge in [-0.3, -0.25) is 9.78 Å². The van der Waals surface area contributed by atoms with E-state index in [0.717, 1.165) is 48.0 Å². The first kappa shape index (κ1) is 23.3. The van der Waals surface area contributed by atoms with Gasteiger partial charge in [-0.2, -0.15) is 0 Å². The first-order chi connectivity index (χ1) is 16.6. The second-order valence-electron chi connectivity index (χ2n) is 10.8. The molecule has 7 nitrogen and oxygen atoms in total. The van der Waals surface area contributed by atoms with E-state index < -0.39 is 0 Å². The fourth-order valence-electron chi connectivity index (χ4n) is 4.73. The average molecular weight is 471 g/mol. The molecule has 0 fully saturated rings. The van der Waals surface area contributed by atoms with Crippen LogP contribution in [0.2, 0.25) is 0 Å². The van der Waals surface area contributed by atoms with E-state index in [1.54, 1.807) is 4.68 Å². The summed E-state index contributed by atoms with van der Waals surface area (Å²) in [5, 5.41) is 7.56. The van der Waals surface area contributed by atoms with Gasteiger partial charge in [0.05, 0.1) is 11.1 Å².